The molecule has 0 aliphatic carbocycles. The fourth-order valence-corrected chi connectivity index (χ4v) is 3.49. The summed E-state index contributed by atoms with van der Waals surface area (Å²) < 4.78 is 0. The van der Waals surface area contributed by atoms with Crippen molar-refractivity contribution >= 4 is 0 Å². The fourth-order valence-electron chi connectivity index (χ4n) is 3.49. The second kappa shape index (κ2) is 7.51. The summed E-state index contributed by atoms with van der Waals surface area (Å²) in [5.41, 5.74) is 0.654. The quantitative estimate of drug-likeness (QED) is 0.822. The topological polar surface area (TPSA) is 51.6 Å². The van der Waals surface area contributed by atoms with Crippen molar-refractivity contribution in [3.63, 3.8) is 0 Å². The number of aliphatic hydroxyl groups is 1. The van der Waals surface area contributed by atoms with Crippen molar-refractivity contribution in [1.29, 1.82) is 0 Å². The highest BCUT2D eigenvalue weighted by Gasteiger charge is 2.32. The summed E-state index contributed by atoms with van der Waals surface area (Å²) >= 11 is 0. The van der Waals surface area contributed by atoms with E-state index in [2.05, 4.69) is 32.2 Å². The van der Waals surface area contributed by atoms with E-state index in [1.165, 1.54) is 5.69 Å². The van der Waals surface area contributed by atoms with E-state index >= 15 is 0 Å². The molecule has 22 heavy (non-hydrogen) atoms. The second-order valence-electron chi connectivity index (χ2n) is 6.69. The maximum absolute atomic E-state index is 10.6. The molecule has 0 aromatic carbocycles. The van der Waals surface area contributed by atoms with Crippen LogP contribution in [0.1, 0.15) is 18.5 Å². The summed E-state index contributed by atoms with van der Waals surface area (Å²) in [7, 11) is 0. The molecule has 0 bridgehead atoms. The first-order valence-corrected chi connectivity index (χ1v) is 8.51. The van der Waals surface area contributed by atoms with Crippen LogP contribution in [0.3, 0.4) is 0 Å². The average molecular weight is 304 g/mol. The van der Waals surface area contributed by atoms with Gasteiger partial charge in [0.2, 0.25) is 0 Å². The summed E-state index contributed by atoms with van der Waals surface area (Å²) in [6.07, 6.45) is 4.90. The van der Waals surface area contributed by atoms with E-state index in [0.717, 1.165) is 71.6 Å². The summed E-state index contributed by atoms with van der Waals surface area (Å²) in [6, 6.07) is 6.12. The zero-order chi connectivity index (χ0) is 15.3. The van der Waals surface area contributed by atoms with Gasteiger partial charge in [-0.2, -0.15) is 0 Å². The van der Waals surface area contributed by atoms with Gasteiger partial charge >= 0.3 is 0 Å². The molecule has 3 heterocycles. The number of aromatic nitrogens is 1. The molecule has 5 nitrogen and oxygen atoms in total. The van der Waals surface area contributed by atoms with Gasteiger partial charge in [-0.15, -0.1) is 0 Å². The molecular weight excluding hydrogens is 276 g/mol. The zero-order valence-corrected chi connectivity index (χ0v) is 13.4. The third kappa shape index (κ3) is 4.49. The number of piperazine rings is 1. The van der Waals surface area contributed by atoms with Crippen LogP contribution in [0, 0.1) is 0 Å². The van der Waals surface area contributed by atoms with Gasteiger partial charge in [-0.25, -0.2) is 0 Å². The van der Waals surface area contributed by atoms with Gasteiger partial charge in [0.1, 0.15) is 0 Å². The lowest BCUT2D eigenvalue weighted by Crippen LogP contribution is -2.56. The molecule has 2 fully saturated rings. The molecule has 0 unspecified atom stereocenters. The Labute approximate surface area is 133 Å². The minimum Gasteiger partial charge on any atom is -0.387 e. The van der Waals surface area contributed by atoms with Crippen molar-refractivity contribution in [3.8, 4) is 0 Å². The monoisotopic (exact) mass is 304 g/mol. The number of pyridine rings is 1. The van der Waals surface area contributed by atoms with E-state index in [1.807, 2.05) is 12.3 Å². The lowest BCUT2D eigenvalue weighted by molar-refractivity contribution is -0.0256. The van der Waals surface area contributed by atoms with E-state index in [1.54, 1.807) is 0 Å². The van der Waals surface area contributed by atoms with E-state index in [4.69, 9.17) is 0 Å². The number of β-amino-alcohol motifs (C(OH)–C–C–N with tert-alkyl or cyclic N) is 1. The van der Waals surface area contributed by atoms with Crippen molar-refractivity contribution in [3.05, 3.63) is 30.1 Å². The van der Waals surface area contributed by atoms with Gasteiger partial charge in [0.05, 0.1) is 5.60 Å². The van der Waals surface area contributed by atoms with Crippen LogP contribution in [-0.2, 0) is 6.42 Å². The van der Waals surface area contributed by atoms with E-state index in [0.29, 0.717) is 0 Å². The van der Waals surface area contributed by atoms with Crippen LogP contribution in [0.15, 0.2) is 24.4 Å². The van der Waals surface area contributed by atoms with Gasteiger partial charge in [-0.3, -0.25) is 9.88 Å². The van der Waals surface area contributed by atoms with Gasteiger partial charge < -0.3 is 15.3 Å². The molecule has 122 valence electrons. The lowest BCUT2D eigenvalue weighted by Gasteiger charge is -2.41. The molecule has 0 spiro atoms. The number of rotatable bonds is 5. The molecule has 2 aliphatic rings. The van der Waals surface area contributed by atoms with Crippen LogP contribution in [0.4, 0.5) is 0 Å². The molecule has 2 aliphatic heterocycles. The number of nitrogens with zero attached hydrogens (tertiary/aromatic N) is 3. The third-order valence-corrected chi connectivity index (χ3v) is 4.84. The van der Waals surface area contributed by atoms with E-state index in [-0.39, 0.29) is 0 Å². The maximum Gasteiger partial charge on any atom is 0.0898 e. The molecule has 0 radical (unpaired) electrons. The third-order valence-electron chi connectivity index (χ3n) is 4.84. The van der Waals surface area contributed by atoms with E-state index in [9.17, 15) is 5.11 Å². The Balaban J connectivity index is 1.39. The maximum atomic E-state index is 10.6. The highest BCUT2D eigenvalue weighted by atomic mass is 16.3. The Bertz CT molecular complexity index is 439. The van der Waals surface area contributed by atoms with E-state index < -0.39 is 5.60 Å². The van der Waals surface area contributed by atoms with Gasteiger partial charge in [0.15, 0.2) is 0 Å². The van der Waals surface area contributed by atoms with Crippen molar-refractivity contribution in [2.75, 3.05) is 52.4 Å². The number of nitrogens with one attached hydrogen (secondary N) is 1. The number of piperidine rings is 1. The number of hydrogen-bond donors (Lipinski definition) is 2. The molecule has 2 saturated heterocycles. The second-order valence-corrected chi connectivity index (χ2v) is 6.69. The lowest BCUT2D eigenvalue weighted by atomic mass is 9.93. The molecule has 2 N–H and O–H groups in total. The standard InChI is InChI=1S/C17H28N4O/c22-17(6-3-7-18-14-17)15-21-12-10-20(11-13-21)9-5-16-4-1-2-8-19-16/h1-2,4,8,18,22H,3,5-7,9-15H2/t17-/m0/s1. The van der Waals surface area contributed by atoms with Crippen molar-refractivity contribution < 1.29 is 5.11 Å². The predicted molar refractivity (Wildman–Crippen MR) is 87.9 cm³/mol. The smallest absolute Gasteiger partial charge is 0.0898 e. The first-order valence-electron chi connectivity index (χ1n) is 8.51. The van der Waals surface area contributed by atoms with Gasteiger partial charge in [0, 0.05) is 64.1 Å². The predicted octanol–water partition coefficient (Wildman–Crippen LogP) is 0.356. The van der Waals surface area contributed by atoms with Crippen LogP contribution >= 0.6 is 0 Å². The average Bonchev–Trinajstić information content (AvgIpc) is 2.55. The summed E-state index contributed by atoms with van der Waals surface area (Å²) in [4.78, 5) is 9.32. The number of hydrogen-bond acceptors (Lipinski definition) is 5. The van der Waals surface area contributed by atoms with Crippen LogP contribution in [0.2, 0.25) is 0 Å². The van der Waals surface area contributed by atoms with Crippen molar-refractivity contribution in [1.82, 2.24) is 20.1 Å². The molecule has 1 aromatic heterocycles. The largest absolute Gasteiger partial charge is 0.387 e. The highest BCUT2D eigenvalue weighted by molar-refractivity contribution is 5.03. The van der Waals surface area contributed by atoms with Gasteiger partial charge in [0.25, 0.3) is 0 Å². The van der Waals surface area contributed by atoms with Crippen LogP contribution in [0.25, 0.3) is 0 Å². The van der Waals surface area contributed by atoms with Gasteiger partial charge in [-0.05, 0) is 31.5 Å². The molecule has 5 heteroatoms. The Kier molecular flexibility index (Phi) is 5.41. The van der Waals surface area contributed by atoms with Crippen molar-refractivity contribution in [2.24, 2.45) is 0 Å². The highest BCUT2D eigenvalue weighted by Crippen LogP contribution is 2.18. The summed E-state index contributed by atoms with van der Waals surface area (Å²) in [6.45, 7) is 7.99. The molecule has 0 amide bonds. The minimum atomic E-state index is -0.519. The molecule has 1 atom stereocenters. The minimum absolute atomic E-state index is 0.519. The van der Waals surface area contributed by atoms with Crippen LogP contribution < -0.4 is 5.32 Å². The van der Waals surface area contributed by atoms with Crippen LogP contribution in [-0.4, -0.2) is 77.8 Å². The normalized spacial score (nSPS) is 27.9. The zero-order valence-electron chi connectivity index (χ0n) is 13.4. The van der Waals surface area contributed by atoms with Crippen LogP contribution in [0.5, 0.6) is 0 Å². The Morgan fingerprint density at radius 1 is 1.18 bits per heavy atom. The fraction of sp³-hybridized carbons (Fsp3) is 0.706. The molecule has 1 aromatic rings. The Morgan fingerprint density at radius 2 is 2.00 bits per heavy atom. The summed E-state index contributed by atoms with van der Waals surface area (Å²) in [5.74, 6) is 0. The first kappa shape index (κ1) is 15.9. The summed E-state index contributed by atoms with van der Waals surface area (Å²) in [5, 5.41) is 13.9. The molecular formula is C17H28N4O. The SMILES string of the molecule is O[C@@]1(CN2CCN(CCc3ccccn3)CC2)CCCNC1. The van der Waals surface area contributed by atoms with Crippen molar-refractivity contribution in [2.45, 2.75) is 24.9 Å². The molecule has 0 saturated carbocycles. The first-order chi connectivity index (χ1) is 10.7. The Hall–Kier alpha value is -1.01. The Morgan fingerprint density at radius 3 is 2.68 bits per heavy atom. The molecule has 3 rings (SSSR count). The van der Waals surface area contributed by atoms with Gasteiger partial charge in [-0.1, -0.05) is 6.07 Å².